The minimum Gasteiger partial charge on any atom is -0.426 e. The molecular weight excluding hydrogens is 330 g/mol. The van der Waals surface area contributed by atoms with Crippen molar-refractivity contribution in [3.05, 3.63) is 65.7 Å². The molecule has 0 aromatic heterocycles. The molecule has 0 bridgehead atoms. The highest BCUT2D eigenvalue weighted by Gasteiger charge is 2.23. The second kappa shape index (κ2) is 8.43. The summed E-state index contributed by atoms with van der Waals surface area (Å²) < 4.78 is 5.37. The Bertz CT molecular complexity index is 787. The molecule has 0 aliphatic carbocycles. The van der Waals surface area contributed by atoms with Gasteiger partial charge in [-0.25, -0.2) is 4.79 Å². The van der Waals surface area contributed by atoms with Crippen LogP contribution in [0.3, 0.4) is 0 Å². The van der Waals surface area contributed by atoms with Crippen molar-refractivity contribution >= 4 is 17.7 Å². The van der Waals surface area contributed by atoms with Crippen LogP contribution in [-0.4, -0.2) is 17.7 Å². The predicted molar refractivity (Wildman–Crippen MR) is 100.0 cm³/mol. The number of carbonyl (C=O) groups excluding carboxylic acids is 2. The molecular formula is C21H23NO4. The molecule has 0 aliphatic heterocycles. The molecule has 136 valence electrons. The quantitative estimate of drug-likeness (QED) is 0.266. The average Bonchev–Trinajstić information content (AvgIpc) is 2.59. The number of ether oxygens (including phenoxy) is 1. The molecule has 2 aromatic rings. The zero-order valence-electron chi connectivity index (χ0n) is 15.5. The maximum absolute atomic E-state index is 12.0. The SMILES string of the molecule is CC(=O)ON=C(Cc1ccccc1)c1ccc(OC(=O)C(C)(C)C)cc1. The van der Waals surface area contributed by atoms with Crippen LogP contribution < -0.4 is 4.74 Å². The van der Waals surface area contributed by atoms with E-state index in [1.54, 1.807) is 45.0 Å². The van der Waals surface area contributed by atoms with Gasteiger partial charge in [-0.3, -0.25) is 4.79 Å². The van der Waals surface area contributed by atoms with Gasteiger partial charge in [0, 0.05) is 13.3 Å². The first kappa shape index (κ1) is 19.4. The van der Waals surface area contributed by atoms with Crippen LogP contribution in [0.4, 0.5) is 0 Å². The molecule has 0 aliphatic rings. The molecule has 0 heterocycles. The van der Waals surface area contributed by atoms with Gasteiger partial charge in [-0.05, 0) is 56.2 Å². The molecule has 0 fully saturated rings. The van der Waals surface area contributed by atoms with Gasteiger partial charge in [-0.1, -0.05) is 35.5 Å². The summed E-state index contributed by atoms with van der Waals surface area (Å²) in [6.45, 7) is 6.70. The molecule has 0 saturated carbocycles. The molecule has 0 radical (unpaired) electrons. The number of hydrogen-bond donors (Lipinski definition) is 0. The first-order chi connectivity index (χ1) is 12.3. The van der Waals surface area contributed by atoms with Crippen LogP contribution in [0.15, 0.2) is 59.8 Å². The largest absolute Gasteiger partial charge is 0.426 e. The van der Waals surface area contributed by atoms with E-state index in [9.17, 15) is 9.59 Å². The molecule has 2 aromatic carbocycles. The van der Waals surface area contributed by atoms with Crippen molar-refractivity contribution in [2.75, 3.05) is 0 Å². The second-order valence-electron chi connectivity index (χ2n) is 6.95. The molecule has 0 unspecified atom stereocenters. The van der Waals surface area contributed by atoms with Gasteiger partial charge in [-0.15, -0.1) is 0 Å². The van der Waals surface area contributed by atoms with Crippen LogP contribution in [-0.2, 0) is 20.8 Å². The van der Waals surface area contributed by atoms with Crippen LogP contribution >= 0.6 is 0 Å². The smallest absolute Gasteiger partial charge is 0.331 e. The van der Waals surface area contributed by atoms with Crippen LogP contribution in [0.25, 0.3) is 0 Å². The molecule has 26 heavy (non-hydrogen) atoms. The lowest BCUT2D eigenvalue weighted by Gasteiger charge is -2.16. The average molecular weight is 353 g/mol. The van der Waals surface area contributed by atoms with Crippen LogP contribution in [0.1, 0.15) is 38.8 Å². The Balaban J connectivity index is 2.21. The van der Waals surface area contributed by atoms with E-state index in [2.05, 4.69) is 5.16 Å². The number of rotatable bonds is 5. The topological polar surface area (TPSA) is 65.0 Å². The van der Waals surface area contributed by atoms with Gasteiger partial charge in [0.15, 0.2) is 0 Å². The third kappa shape index (κ3) is 5.84. The molecule has 0 atom stereocenters. The maximum Gasteiger partial charge on any atom is 0.331 e. The van der Waals surface area contributed by atoms with Gasteiger partial charge < -0.3 is 9.57 Å². The second-order valence-corrected chi connectivity index (χ2v) is 6.95. The molecule has 0 N–H and O–H groups in total. The number of esters is 1. The van der Waals surface area contributed by atoms with Crippen molar-refractivity contribution in [1.29, 1.82) is 0 Å². The van der Waals surface area contributed by atoms with Crippen molar-refractivity contribution < 1.29 is 19.2 Å². The summed E-state index contributed by atoms with van der Waals surface area (Å²) in [5, 5.41) is 3.98. The lowest BCUT2D eigenvalue weighted by atomic mass is 9.97. The van der Waals surface area contributed by atoms with E-state index in [4.69, 9.17) is 9.57 Å². The third-order valence-electron chi connectivity index (χ3n) is 3.51. The van der Waals surface area contributed by atoms with E-state index >= 15 is 0 Å². The van der Waals surface area contributed by atoms with E-state index in [0.717, 1.165) is 11.1 Å². The summed E-state index contributed by atoms with van der Waals surface area (Å²) in [6, 6.07) is 16.7. The zero-order chi connectivity index (χ0) is 19.2. The Morgan fingerprint density at radius 3 is 2.12 bits per heavy atom. The van der Waals surface area contributed by atoms with Crippen LogP contribution in [0, 0.1) is 5.41 Å². The molecule has 5 heteroatoms. The van der Waals surface area contributed by atoms with Gasteiger partial charge in [0.1, 0.15) is 5.75 Å². The van der Waals surface area contributed by atoms with E-state index < -0.39 is 11.4 Å². The van der Waals surface area contributed by atoms with Gasteiger partial charge >= 0.3 is 11.9 Å². The Labute approximate surface area is 153 Å². The normalized spacial score (nSPS) is 11.8. The molecule has 5 nitrogen and oxygen atoms in total. The number of benzene rings is 2. The minimum absolute atomic E-state index is 0.302. The highest BCUT2D eigenvalue weighted by atomic mass is 16.7. The maximum atomic E-state index is 12.0. The van der Waals surface area contributed by atoms with Crippen LogP contribution in [0.2, 0.25) is 0 Å². The van der Waals surface area contributed by atoms with Gasteiger partial charge in [0.25, 0.3) is 0 Å². The summed E-state index contributed by atoms with van der Waals surface area (Å²) in [4.78, 5) is 27.9. The highest BCUT2D eigenvalue weighted by Crippen LogP contribution is 2.20. The molecule has 2 rings (SSSR count). The molecule has 0 amide bonds. The van der Waals surface area contributed by atoms with E-state index in [1.807, 2.05) is 30.3 Å². The summed E-state index contributed by atoms with van der Waals surface area (Å²) in [5.41, 5.74) is 1.86. The standard InChI is InChI=1S/C21H23NO4/c1-15(23)26-22-19(14-16-8-6-5-7-9-16)17-10-12-18(13-11-17)25-20(24)21(2,3)4/h5-13H,14H2,1-4H3. The lowest BCUT2D eigenvalue weighted by Crippen LogP contribution is -2.25. The highest BCUT2D eigenvalue weighted by molar-refractivity contribution is 6.02. The Kier molecular flexibility index (Phi) is 6.28. The predicted octanol–water partition coefficient (Wildman–Crippen LogP) is 4.15. The zero-order valence-corrected chi connectivity index (χ0v) is 15.5. The third-order valence-corrected chi connectivity index (χ3v) is 3.51. The number of nitrogens with zero attached hydrogens (tertiary/aromatic N) is 1. The minimum atomic E-state index is -0.575. The van der Waals surface area contributed by atoms with Crippen molar-refractivity contribution in [2.45, 2.75) is 34.1 Å². The fourth-order valence-electron chi connectivity index (χ4n) is 2.07. The number of hydrogen-bond acceptors (Lipinski definition) is 5. The monoisotopic (exact) mass is 353 g/mol. The summed E-state index contributed by atoms with van der Waals surface area (Å²) in [7, 11) is 0. The fraction of sp³-hybridized carbons (Fsp3) is 0.286. The molecule has 0 spiro atoms. The van der Waals surface area contributed by atoms with E-state index in [-0.39, 0.29) is 5.97 Å². The first-order valence-electron chi connectivity index (χ1n) is 8.37. The summed E-state index contributed by atoms with van der Waals surface area (Å²) in [6.07, 6.45) is 0.509. The van der Waals surface area contributed by atoms with Crippen molar-refractivity contribution in [3.8, 4) is 5.75 Å². The van der Waals surface area contributed by atoms with Gasteiger partial charge in [-0.2, -0.15) is 0 Å². The van der Waals surface area contributed by atoms with Crippen molar-refractivity contribution in [3.63, 3.8) is 0 Å². The summed E-state index contributed by atoms with van der Waals surface area (Å²) in [5.74, 6) is -0.324. The Morgan fingerprint density at radius 2 is 1.58 bits per heavy atom. The first-order valence-corrected chi connectivity index (χ1v) is 8.37. The van der Waals surface area contributed by atoms with Crippen LogP contribution in [0.5, 0.6) is 5.75 Å². The summed E-state index contributed by atoms with van der Waals surface area (Å²) >= 11 is 0. The lowest BCUT2D eigenvalue weighted by molar-refractivity contribution is -0.143. The Hall–Kier alpha value is -2.95. The van der Waals surface area contributed by atoms with Gasteiger partial charge in [0.2, 0.25) is 0 Å². The number of carbonyl (C=O) groups is 2. The van der Waals surface area contributed by atoms with Gasteiger partial charge in [0.05, 0.1) is 11.1 Å². The van der Waals surface area contributed by atoms with Crippen molar-refractivity contribution in [1.82, 2.24) is 0 Å². The fourth-order valence-corrected chi connectivity index (χ4v) is 2.07. The Morgan fingerprint density at radius 1 is 0.962 bits per heavy atom. The van der Waals surface area contributed by atoms with Crippen molar-refractivity contribution in [2.24, 2.45) is 10.6 Å². The number of oxime groups is 1. The van der Waals surface area contributed by atoms with E-state index in [0.29, 0.717) is 17.9 Å². The van der Waals surface area contributed by atoms with E-state index in [1.165, 1.54) is 6.92 Å². The molecule has 0 saturated heterocycles.